The molecule has 5 rings (SSSR count). The van der Waals surface area contributed by atoms with Gasteiger partial charge in [0.2, 0.25) is 0 Å². The van der Waals surface area contributed by atoms with Crippen LogP contribution >= 0.6 is 0 Å². The first-order chi connectivity index (χ1) is 15.2. The lowest BCUT2D eigenvalue weighted by Crippen LogP contribution is -2.63. The number of ketones is 2. The highest BCUT2D eigenvalue weighted by Gasteiger charge is 2.67. The first kappa shape index (κ1) is 23.8. The van der Waals surface area contributed by atoms with E-state index >= 15 is 0 Å². The number of hydrogen-bond donors (Lipinski definition) is 0. The molecular weight excluding hydrogens is 404 g/mol. The Morgan fingerprint density at radius 1 is 0.909 bits per heavy atom. The van der Waals surface area contributed by atoms with E-state index in [1.807, 2.05) is 6.92 Å². The highest BCUT2D eigenvalue weighted by molar-refractivity contribution is 5.85. The lowest BCUT2D eigenvalue weighted by Gasteiger charge is -2.70. The molecule has 0 saturated heterocycles. The van der Waals surface area contributed by atoms with E-state index in [1.165, 1.54) is 38.5 Å². The summed E-state index contributed by atoms with van der Waals surface area (Å²) in [5.41, 5.74) is 2.55. The summed E-state index contributed by atoms with van der Waals surface area (Å²) in [6.07, 6.45) is 12.9. The van der Waals surface area contributed by atoms with Crippen LogP contribution in [-0.4, -0.2) is 11.6 Å². The van der Waals surface area contributed by atoms with E-state index in [0.29, 0.717) is 35.2 Å². The Bertz CT molecular complexity index is 908. The van der Waals surface area contributed by atoms with Crippen molar-refractivity contribution in [2.24, 2.45) is 56.7 Å². The topological polar surface area (TPSA) is 34.1 Å². The van der Waals surface area contributed by atoms with Crippen molar-refractivity contribution in [2.45, 2.75) is 113 Å². The maximum absolute atomic E-state index is 12.9. The summed E-state index contributed by atoms with van der Waals surface area (Å²) >= 11 is 0. The number of carbonyl (C=O) groups is 2. The molecule has 8 atom stereocenters. The first-order valence-corrected chi connectivity index (χ1v) is 13.9. The zero-order valence-corrected chi connectivity index (χ0v) is 22.6. The molecule has 0 amide bonds. The number of hydrogen-bond acceptors (Lipinski definition) is 2. The maximum atomic E-state index is 12.9. The molecular formula is C31H48O2. The molecule has 0 aromatic rings. The molecule has 5 aliphatic carbocycles. The smallest absolute Gasteiger partial charge is 0.138 e. The lowest BCUT2D eigenvalue weighted by atomic mass is 9.34. The summed E-state index contributed by atoms with van der Waals surface area (Å²) in [6, 6.07) is 0. The molecule has 0 aliphatic heterocycles. The fraction of sp³-hybridized carbons (Fsp3) is 0.871. The summed E-state index contributed by atoms with van der Waals surface area (Å²) in [7, 11) is 0. The van der Waals surface area contributed by atoms with Crippen LogP contribution in [0.5, 0.6) is 0 Å². The van der Waals surface area contributed by atoms with Gasteiger partial charge in [-0.3, -0.25) is 9.59 Å². The third-order valence-electron chi connectivity index (χ3n) is 12.7. The van der Waals surface area contributed by atoms with Gasteiger partial charge in [-0.2, -0.15) is 0 Å². The van der Waals surface area contributed by atoms with E-state index in [1.54, 1.807) is 5.57 Å². The number of fused-ring (bicyclic) bond motifs is 7. The summed E-state index contributed by atoms with van der Waals surface area (Å²) in [5, 5.41) is 0. The van der Waals surface area contributed by atoms with Gasteiger partial charge in [0.05, 0.1) is 0 Å². The summed E-state index contributed by atoms with van der Waals surface area (Å²) in [5.74, 6) is 3.45. The second-order valence-electron chi connectivity index (χ2n) is 15.0. The van der Waals surface area contributed by atoms with Crippen LogP contribution in [0, 0.1) is 56.7 Å². The zero-order chi connectivity index (χ0) is 24.2. The second-order valence-corrected chi connectivity index (χ2v) is 15.0. The lowest BCUT2D eigenvalue weighted by molar-refractivity contribution is -0.182. The van der Waals surface area contributed by atoms with Crippen LogP contribution in [0.1, 0.15) is 113 Å². The van der Waals surface area contributed by atoms with Gasteiger partial charge in [-0.15, -0.1) is 0 Å². The molecule has 0 spiro atoms. The summed E-state index contributed by atoms with van der Waals surface area (Å²) < 4.78 is 0. The van der Waals surface area contributed by atoms with Gasteiger partial charge >= 0.3 is 0 Å². The van der Waals surface area contributed by atoms with Gasteiger partial charge in [0.1, 0.15) is 11.6 Å². The molecule has 0 aromatic heterocycles. The average molecular weight is 453 g/mol. The van der Waals surface area contributed by atoms with Gasteiger partial charge in [-0.25, -0.2) is 0 Å². The van der Waals surface area contributed by atoms with E-state index in [2.05, 4.69) is 54.5 Å². The SMILES string of the molecule is CC(=O)[C@@H]1CC(C)(C)CC2C3=CCC4[C@@]5(C)CCC(=O)C(C)(C)C5CC[C@@]4(C)[C@]3(C)CCC21. The van der Waals surface area contributed by atoms with Crippen molar-refractivity contribution in [2.75, 3.05) is 0 Å². The Morgan fingerprint density at radius 2 is 1.61 bits per heavy atom. The van der Waals surface area contributed by atoms with Crippen LogP contribution in [0.4, 0.5) is 0 Å². The Labute approximate surface area is 202 Å². The fourth-order valence-corrected chi connectivity index (χ4v) is 10.8. The van der Waals surface area contributed by atoms with E-state index in [4.69, 9.17) is 0 Å². The highest BCUT2D eigenvalue weighted by atomic mass is 16.1. The van der Waals surface area contributed by atoms with Gasteiger partial charge in [0.25, 0.3) is 0 Å². The van der Waals surface area contributed by atoms with Gasteiger partial charge in [0, 0.05) is 17.8 Å². The normalized spacial score (nSPS) is 50.2. The van der Waals surface area contributed by atoms with Crippen LogP contribution in [-0.2, 0) is 9.59 Å². The second kappa shape index (κ2) is 7.07. The predicted octanol–water partition coefficient (Wildman–Crippen LogP) is 7.80. The van der Waals surface area contributed by atoms with Crippen molar-refractivity contribution in [1.29, 1.82) is 0 Å². The van der Waals surface area contributed by atoms with Crippen LogP contribution in [0.25, 0.3) is 0 Å². The minimum Gasteiger partial charge on any atom is -0.300 e. The molecule has 33 heavy (non-hydrogen) atoms. The molecule has 0 N–H and O–H groups in total. The maximum Gasteiger partial charge on any atom is 0.138 e. The van der Waals surface area contributed by atoms with E-state index in [0.717, 1.165) is 19.3 Å². The highest BCUT2D eigenvalue weighted by Crippen LogP contribution is 2.74. The van der Waals surface area contributed by atoms with Crippen molar-refractivity contribution in [1.82, 2.24) is 0 Å². The monoisotopic (exact) mass is 452 g/mol. The standard InChI is InChI=1S/C31H48O2/c1-19(32)21-17-27(2,3)18-22-20(21)11-15-30(7)23(22)9-10-25-29(6)14-13-26(33)28(4,5)24(29)12-16-31(25,30)8/h9,20-22,24-25H,10-18H2,1-8H3/t20?,21-,22?,24?,25?,29-,30+,31+/m0/s1. The van der Waals surface area contributed by atoms with Crippen molar-refractivity contribution in [3.8, 4) is 0 Å². The van der Waals surface area contributed by atoms with Gasteiger partial charge in [-0.1, -0.05) is 60.1 Å². The first-order valence-electron chi connectivity index (χ1n) is 13.9. The Kier molecular flexibility index (Phi) is 5.10. The molecule has 184 valence electrons. The minimum atomic E-state index is -0.182. The van der Waals surface area contributed by atoms with E-state index < -0.39 is 0 Å². The summed E-state index contributed by atoms with van der Waals surface area (Å²) in [4.78, 5) is 25.6. The van der Waals surface area contributed by atoms with Crippen molar-refractivity contribution in [3.63, 3.8) is 0 Å². The molecule has 4 fully saturated rings. The molecule has 2 nitrogen and oxygen atoms in total. The average Bonchev–Trinajstić information content (AvgIpc) is 2.70. The Hall–Kier alpha value is -0.920. The largest absolute Gasteiger partial charge is 0.300 e. The van der Waals surface area contributed by atoms with Crippen LogP contribution in [0.2, 0.25) is 0 Å². The molecule has 0 bridgehead atoms. The summed E-state index contributed by atoms with van der Waals surface area (Å²) in [6.45, 7) is 18.9. The van der Waals surface area contributed by atoms with E-state index in [9.17, 15) is 9.59 Å². The molecule has 4 saturated carbocycles. The number of rotatable bonds is 1. The third-order valence-corrected chi connectivity index (χ3v) is 12.7. The van der Waals surface area contributed by atoms with Crippen LogP contribution in [0.3, 0.4) is 0 Å². The fourth-order valence-electron chi connectivity index (χ4n) is 10.8. The van der Waals surface area contributed by atoms with Gasteiger partial charge in [-0.05, 0) is 104 Å². The van der Waals surface area contributed by atoms with Gasteiger partial charge in [0.15, 0.2) is 0 Å². The Morgan fingerprint density at radius 3 is 2.27 bits per heavy atom. The van der Waals surface area contributed by atoms with Crippen molar-refractivity contribution in [3.05, 3.63) is 11.6 Å². The minimum absolute atomic E-state index is 0.182. The van der Waals surface area contributed by atoms with Crippen LogP contribution in [0.15, 0.2) is 11.6 Å². The third kappa shape index (κ3) is 3.03. The molecule has 5 aliphatic rings. The Balaban J connectivity index is 1.57. The number of allylic oxidation sites excluding steroid dienone is 2. The number of carbonyl (C=O) groups excluding carboxylic acids is 2. The molecule has 4 unspecified atom stereocenters. The molecule has 0 radical (unpaired) electrons. The van der Waals surface area contributed by atoms with Crippen molar-refractivity contribution >= 4 is 11.6 Å². The van der Waals surface area contributed by atoms with Crippen LogP contribution < -0.4 is 0 Å². The molecule has 2 heteroatoms. The number of Topliss-reactive ketones (excluding diaryl/α,β-unsaturated/α-hetero) is 2. The van der Waals surface area contributed by atoms with Gasteiger partial charge < -0.3 is 0 Å². The molecule has 0 heterocycles. The predicted molar refractivity (Wildman–Crippen MR) is 135 cm³/mol. The quantitative estimate of drug-likeness (QED) is 0.380. The van der Waals surface area contributed by atoms with E-state index in [-0.39, 0.29) is 33.0 Å². The zero-order valence-electron chi connectivity index (χ0n) is 22.6. The molecule has 0 aromatic carbocycles. The van der Waals surface area contributed by atoms with Crippen molar-refractivity contribution < 1.29 is 9.59 Å².